The molecule has 2 heterocycles. The third kappa shape index (κ3) is 4.83. The molecule has 0 radical (unpaired) electrons. The summed E-state index contributed by atoms with van der Waals surface area (Å²) in [5, 5.41) is 14.4. The number of aromatic nitrogens is 3. The first-order chi connectivity index (χ1) is 13.6. The second-order valence-electron chi connectivity index (χ2n) is 6.55. The van der Waals surface area contributed by atoms with Gasteiger partial charge in [0.1, 0.15) is 0 Å². The van der Waals surface area contributed by atoms with Crippen LogP contribution < -0.4 is 5.32 Å². The maximum absolute atomic E-state index is 12.6. The Morgan fingerprint density at radius 3 is 2.61 bits per heavy atom. The summed E-state index contributed by atoms with van der Waals surface area (Å²) in [6, 6.07) is 14.4. The fourth-order valence-corrected chi connectivity index (χ4v) is 4.71. The van der Waals surface area contributed by atoms with Crippen molar-refractivity contribution in [2.45, 2.75) is 50.1 Å². The number of carbonyl (C=O) groups excluding carboxylic acids is 1. The Kier molecular flexibility index (Phi) is 7.28. The molecule has 1 amide bonds. The van der Waals surface area contributed by atoms with E-state index >= 15 is 0 Å². The lowest BCUT2D eigenvalue weighted by Gasteiger charge is -2.18. The van der Waals surface area contributed by atoms with E-state index < -0.39 is 0 Å². The molecule has 148 valence electrons. The SMILES string of the molecule is CC[C@H](CNC(=O)[C@@H](C)Sc1nnc(-c2cccs2)n1CC)c1ccccc1. The first kappa shape index (κ1) is 20.6. The molecule has 0 spiro atoms. The molecule has 0 saturated heterocycles. The molecule has 1 N–H and O–H groups in total. The monoisotopic (exact) mass is 414 g/mol. The summed E-state index contributed by atoms with van der Waals surface area (Å²) in [7, 11) is 0. The zero-order chi connectivity index (χ0) is 19.9. The highest BCUT2D eigenvalue weighted by atomic mass is 32.2. The maximum Gasteiger partial charge on any atom is 0.233 e. The van der Waals surface area contributed by atoms with Crippen molar-refractivity contribution in [1.29, 1.82) is 0 Å². The van der Waals surface area contributed by atoms with Gasteiger partial charge in [-0.1, -0.05) is 55.1 Å². The van der Waals surface area contributed by atoms with Gasteiger partial charge in [-0.05, 0) is 37.3 Å². The molecule has 0 aliphatic rings. The number of thioether (sulfide) groups is 1. The third-order valence-electron chi connectivity index (χ3n) is 4.71. The molecule has 0 aliphatic carbocycles. The fraction of sp³-hybridized carbons (Fsp3) is 0.381. The van der Waals surface area contributed by atoms with Gasteiger partial charge in [-0.2, -0.15) is 0 Å². The molecule has 3 aromatic rings. The second-order valence-corrected chi connectivity index (χ2v) is 8.80. The van der Waals surface area contributed by atoms with Crippen LogP contribution in [-0.4, -0.2) is 32.5 Å². The van der Waals surface area contributed by atoms with Gasteiger partial charge in [-0.3, -0.25) is 4.79 Å². The third-order valence-corrected chi connectivity index (χ3v) is 6.66. The first-order valence-electron chi connectivity index (χ1n) is 9.60. The van der Waals surface area contributed by atoms with E-state index in [9.17, 15) is 4.79 Å². The van der Waals surface area contributed by atoms with Crippen LogP contribution in [0.1, 0.15) is 38.7 Å². The van der Waals surface area contributed by atoms with Crippen molar-refractivity contribution in [2.24, 2.45) is 0 Å². The molecule has 28 heavy (non-hydrogen) atoms. The number of rotatable bonds is 9. The molecule has 3 rings (SSSR count). The predicted molar refractivity (Wildman–Crippen MR) is 117 cm³/mol. The average Bonchev–Trinajstić information content (AvgIpc) is 3.38. The predicted octanol–water partition coefficient (Wildman–Crippen LogP) is 4.82. The van der Waals surface area contributed by atoms with E-state index in [4.69, 9.17) is 0 Å². The standard InChI is InChI=1S/C21H26N4OS2/c1-4-16(17-10-7-6-8-11-17)14-22-20(26)15(3)28-21-24-23-19(25(21)5-2)18-12-9-13-27-18/h6-13,15-16H,4-5,14H2,1-3H3,(H,22,26)/t15-,16-/m1/s1. The highest BCUT2D eigenvalue weighted by Gasteiger charge is 2.21. The number of amides is 1. The zero-order valence-electron chi connectivity index (χ0n) is 16.5. The second kappa shape index (κ2) is 9.89. The highest BCUT2D eigenvalue weighted by molar-refractivity contribution is 8.00. The van der Waals surface area contributed by atoms with Crippen LogP contribution in [0.3, 0.4) is 0 Å². The Bertz CT molecular complexity index is 877. The van der Waals surface area contributed by atoms with Crippen molar-refractivity contribution in [3.8, 4) is 10.7 Å². The van der Waals surface area contributed by atoms with Crippen molar-refractivity contribution in [3.63, 3.8) is 0 Å². The topological polar surface area (TPSA) is 59.8 Å². The van der Waals surface area contributed by atoms with E-state index in [1.807, 2.05) is 42.6 Å². The van der Waals surface area contributed by atoms with E-state index in [2.05, 4.69) is 46.1 Å². The molecule has 0 bridgehead atoms. The minimum atomic E-state index is -0.237. The van der Waals surface area contributed by atoms with Gasteiger partial charge in [0.05, 0.1) is 10.1 Å². The molecule has 7 heteroatoms. The van der Waals surface area contributed by atoms with Crippen LogP contribution in [0.15, 0.2) is 53.0 Å². The molecular weight excluding hydrogens is 388 g/mol. The minimum Gasteiger partial charge on any atom is -0.355 e. The molecule has 0 fully saturated rings. The van der Waals surface area contributed by atoms with Gasteiger partial charge < -0.3 is 9.88 Å². The van der Waals surface area contributed by atoms with Crippen LogP contribution in [0.2, 0.25) is 0 Å². The average molecular weight is 415 g/mol. The van der Waals surface area contributed by atoms with Crippen LogP contribution >= 0.6 is 23.1 Å². The van der Waals surface area contributed by atoms with E-state index in [1.54, 1.807) is 11.3 Å². The molecule has 1 aromatic carbocycles. The van der Waals surface area contributed by atoms with Crippen molar-refractivity contribution in [2.75, 3.05) is 6.54 Å². The van der Waals surface area contributed by atoms with Crippen LogP contribution in [-0.2, 0) is 11.3 Å². The van der Waals surface area contributed by atoms with Crippen LogP contribution in [0.25, 0.3) is 10.7 Å². The Labute approximate surface area is 174 Å². The Hall–Kier alpha value is -2.12. The van der Waals surface area contributed by atoms with E-state index in [0.29, 0.717) is 12.5 Å². The van der Waals surface area contributed by atoms with Gasteiger partial charge in [-0.25, -0.2) is 0 Å². The lowest BCUT2D eigenvalue weighted by Crippen LogP contribution is -2.34. The van der Waals surface area contributed by atoms with Gasteiger partial charge >= 0.3 is 0 Å². The van der Waals surface area contributed by atoms with E-state index in [1.165, 1.54) is 17.3 Å². The Morgan fingerprint density at radius 2 is 1.96 bits per heavy atom. The molecule has 0 saturated carbocycles. The first-order valence-corrected chi connectivity index (χ1v) is 11.4. The largest absolute Gasteiger partial charge is 0.355 e. The van der Waals surface area contributed by atoms with Gasteiger partial charge in [-0.15, -0.1) is 21.5 Å². The fourth-order valence-electron chi connectivity index (χ4n) is 3.05. The van der Waals surface area contributed by atoms with Gasteiger partial charge in [0.2, 0.25) is 5.91 Å². The Morgan fingerprint density at radius 1 is 1.18 bits per heavy atom. The summed E-state index contributed by atoms with van der Waals surface area (Å²) in [5.41, 5.74) is 1.26. The number of nitrogens with one attached hydrogen (secondary N) is 1. The van der Waals surface area contributed by atoms with E-state index in [0.717, 1.165) is 28.8 Å². The summed E-state index contributed by atoms with van der Waals surface area (Å²) in [4.78, 5) is 13.7. The minimum absolute atomic E-state index is 0.0303. The van der Waals surface area contributed by atoms with Crippen LogP contribution in [0.4, 0.5) is 0 Å². The van der Waals surface area contributed by atoms with Gasteiger partial charge in [0.15, 0.2) is 11.0 Å². The number of nitrogens with zero attached hydrogens (tertiary/aromatic N) is 3. The van der Waals surface area contributed by atoms with Crippen molar-refractivity contribution in [1.82, 2.24) is 20.1 Å². The number of hydrogen-bond acceptors (Lipinski definition) is 5. The summed E-state index contributed by atoms with van der Waals surface area (Å²) in [5.74, 6) is 1.22. The number of carbonyl (C=O) groups is 1. The number of thiophene rings is 1. The number of benzene rings is 1. The van der Waals surface area contributed by atoms with Gasteiger partial charge in [0, 0.05) is 19.0 Å². The lowest BCUT2D eigenvalue weighted by molar-refractivity contribution is -0.120. The normalized spacial score (nSPS) is 13.2. The summed E-state index contributed by atoms with van der Waals surface area (Å²) >= 11 is 3.10. The summed E-state index contributed by atoms with van der Waals surface area (Å²) in [6.45, 7) is 7.55. The highest BCUT2D eigenvalue weighted by Crippen LogP contribution is 2.29. The van der Waals surface area contributed by atoms with Crippen molar-refractivity contribution in [3.05, 3.63) is 53.4 Å². The summed E-state index contributed by atoms with van der Waals surface area (Å²) in [6.07, 6.45) is 0.986. The quantitative estimate of drug-likeness (QED) is 0.510. The molecule has 2 aromatic heterocycles. The lowest BCUT2D eigenvalue weighted by atomic mass is 9.96. The molecule has 0 unspecified atom stereocenters. The van der Waals surface area contributed by atoms with Crippen LogP contribution in [0, 0.1) is 0 Å². The zero-order valence-corrected chi connectivity index (χ0v) is 18.1. The van der Waals surface area contributed by atoms with Crippen molar-refractivity contribution < 1.29 is 4.79 Å². The molecular formula is C21H26N4OS2. The van der Waals surface area contributed by atoms with Crippen molar-refractivity contribution >= 4 is 29.0 Å². The molecule has 5 nitrogen and oxygen atoms in total. The van der Waals surface area contributed by atoms with E-state index in [-0.39, 0.29) is 11.2 Å². The molecule has 0 aliphatic heterocycles. The smallest absolute Gasteiger partial charge is 0.233 e. The molecule has 2 atom stereocenters. The van der Waals surface area contributed by atoms with Gasteiger partial charge in [0.25, 0.3) is 0 Å². The number of hydrogen-bond donors (Lipinski definition) is 1. The Balaban J connectivity index is 1.61. The van der Waals surface area contributed by atoms with Crippen LogP contribution in [0.5, 0.6) is 0 Å². The maximum atomic E-state index is 12.6. The summed E-state index contributed by atoms with van der Waals surface area (Å²) < 4.78 is 2.07.